The van der Waals surface area contributed by atoms with Gasteiger partial charge in [0.15, 0.2) is 0 Å². The summed E-state index contributed by atoms with van der Waals surface area (Å²) in [6, 6.07) is 16.7. The predicted molar refractivity (Wildman–Crippen MR) is 140 cm³/mol. The summed E-state index contributed by atoms with van der Waals surface area (Å²) < 4.78 is 8.28. The summed E-state index contributed by atoms with van der Waals surface area (Å²) in [4.78, 5) is 17.0. The molecule has 0 aliphatic heterocycles. The zero-order chi connectivity index (χ0) is 24.2. The standard InChI is InChI=1S/C29H41N3O2/c1-4-24(5-2)29(33)30-20-10-6-7-15-28-31-26-13-8-9-14-27(26)32(28)21-11-12-22-34-25-18-16-23(3)17-19-25/h8-9,13-14,16-19,24H,4-7,10-12,15,20-22H2,1-3H3,(H,30,33). The number of para-hydroxylation sites is 2. The smallest absolute Gasteiger partial charge is 0.223 e. The number of fused-ring (bicyclic) bond motifs is 1. The normalized spacial score (nSPS) is 11.3. The number of carbonyl (C=O) groups is 1. The van der Waals surface area contributed by atoms with E-state index in [4.69, 9.17) is 9.72 Å². The van der Waals surface area contributed by atoms with E-state index < -0.39 is 0 Å². The van der Waals surface area contributed by atoms with Crippen molar-refractivity contribution in [3.63, 3.8) is 0 Å². The second-order valence-corrected chi connectivity index (χ2v) is 9.15. The molecule has 1 amide bonds. The third-order valence-corrected chi connectivity index (χ3v) is 6.53. The number of rotatable bonds is 15. The Morgan fingerprint density at radius 3 is 2.50 bits per heavy atom. The van der Waals surface area contributed by atoms with Crippen LogP contribution in [0.2, 0.25) is 0 Å². The average molecular weight is 464 g/mol. The lowest BCUT2D eigenvalue weighted by Crippen LogP contribution is -2.30. The first-order chi connectivity index (χ1) is 16.6. The summed E-state index contributed by atoms with van der Waals surface area (Å²) >= 11 is 0. The van der Waals surface area contributed by atoms with E-state index in [-0.39, 0.29) is 11.8 Å². The molecule has 0 aliphatic rings. The van der Waals surface area contributed by atoms with Crippen LogP contribution in [0.25, 0.3) is 11.0 Å². The molecule has 1 aromatic heterocycles. The zero-order valence-corrected chi connectivity index (χ0v) is 21.2. The van der Waals surface area contributed by atoms with E-state index in [1.807, 2.05) is 12.1 Å². The fraction of sp³-hybridized carbons (Fsp3) is 0.517. The monoisotopic (exact) mass is 463 g/mol. The molecule has 5 nitrogen and oxygen atoms in total. The average Bonchev–Trinajstić information content (AvgIpc) is 3.20. The summed E-state index contributed by atoms with van der Waals surface area (Å²) in [5.41, 5.74) is 3.54. The quantitative estimate of drug-likeness (QED) is 0.263. The van der Waals surface area contributed by atoms with Gasteiger partial charge in [0, 0.05) is 25.4 Å². The summed E-state index contributed by atoms with van der Waals surface area (Å²) in [5, 5.41) is 3.10. The molecule has 0 saturated carbocycles. The van der Waals surface area contributed by atoms with E-state index >= 15 is 0 Å². The fourth-order valence-corrected chi connectivity index (χ4v) is 4.36. The largest absolute Gasteiger partial charge is 0.494 e. The minimum atomic E-state index is 0.155. The van der Waals surface area contributed by atoms with E-state index in [9.17, 15) is 4.79 Å². The predicted octanol–water partition coefficient (Wildman–Crippen LogP) is 6.47. The van der Waals surface area contributed by atoms with Crippen LogP contribution in [0.4, 0.5) is 0 Å². The molecule has 34 heavy (non-hydrogen) atoms. The van der Waals surface area contributed by atoms with Crippen molar-refractivity contribution in [3.8, 4) is 5.75 Å². The molecule has 0 saturated heterocycles. The number of ether oxygens (including phenoxy) is 1. The highest BCUT2D eigenvalue weighted by molar-refractivity contribution is 5.78. The first-order valence-electron chi connectivity index (χ1n) is 13.0. The maximum atomic E-state index is 12.1. The van der Waals surface area contributed by atoms with Crippen LogP contribution >= 0.6 is 0 Å². The van der Waals surface area contributed by atoms with E-state index in [0.29, 0.717) is 0 Å². The summed E-state index contributed by atoms with van der Waals surface area (Å²) in [6.45, 7) is 8.70. The second-order valence-electron chi connectivity index (χ2n) is 9.15. The van der Waals surface area contributed by atoms with Gasteiger partial charge < -0.3 is 14.6 Å². The van der Waals surface area contributed by atoms with Gasteiger partial charge in [0.05, 0.1) is 17.6 Å². The molecule has 0 spiro atoms. The van der Waals surface area contributed by atoms with Gasteiger partial charge in [-0.25, -0.2) is 4.98 Å². The minimum Gasteiger partial charge on any atom is -0.494 e. The van der Waals surface area contributed by atoms with Crippen LogP contribution in [0.5, 0.6) is 5.75 Å². The first kappa shape index (κ1) is 25.8. The van der Waals surface area contributed by atoms with Crippen molar-refractivity contribution in [2.24, 2.45) is 5.92 Å². The summed E-state index contributed by atoms with van der Waals surface area (Å²) in [6.07, 6.45) is 8.06. The Balaban J connectivity index is 1.44. The van der Waals surface area contributed by atoms with Crippen molar-refractivity contribution in [2.45, 2.75) is 78.7 Å². The molecule has 0 fully saturated rings. The lowest BCUT2D eigenvalue weighted by Gasteiger charge is -2.12. The topological polar surface area (TPSA) is 56.2 Å². The highest BCUT2D eigenvalue weighted by atomic mass is 16.5. The van der Waals surface area contributed by atoms with Gasteiger partial charge in [0.1, 0.15) is 11.6 Å². The van der Waals surface area contributed by atoms with E-state index in [1.54, 1.807) is 0 Å². The van der Waals surface area contributed by atoms with Crippen LogP contribution in [0.15, 0.2) is 48.5 Å². The van der Waals surface area contributed by atoms with Gasteiger partial charge in [-0.3, -0.25) is 4.79 Å². The molecule has 3 aromatic rings. The number of hydrogen-bond donors (Lipinski definition) is 1. The number of nitrogens with zero attached hydrogens (tertiary/aromatic N) is 2. The molecule has 2 aromatic carbocycles. The highest BCUT2D eigenvalue weighted by Crippen LogP contribution is 2.19. The fourth-order valence-electron chi connectivity index (χ4n) is 4.36. The van der Waals surface area contributed by atoms with Crippen molar-refractivity contribution in [1.82, 2.24) is 14.9 Å². The molecule has 184 valence electrons. The number of aryl methyl sites for hydroxylation is 3. The molecule has 1 N–H and O–H groups in total. The number of hydrogen-bond acceptors (Lipinski definition) is 3. The van der Waals surface area contributed by atoms with Crippen molar-refractivity contribution < 1.29 is 9.53 Å². The third-order valence-electron chi connectivity index (χ3n) is 6.53. The van der Waals surface area contributed by atoms with Crippen molar-refractivity contribution in [3.05, 3.63) is 59.9 Å². The van der Waals surface area contributed by atoms with Crippen LogP contribution in [-0.4, -0.2) is 28.6 Å². The molecular weight excluding hydrogens is 422 g/mol. The number of amides is 1. The van der Waals surface area contributed by atoms with Gasteiger partial charge >= 0.3 is 0 Å². The number of carbonyl (C=O) groups excluding carboxylic acids is 1. The van der Waals surface area contributed by atoms with Gasteiger partial charge in [-0.1, -0.05) is 50.1 Å². The van der Waals surface area contributed by atoms with E-state index in [1.165, 1.54) is 16.9 Å². The van der Waals surface area contributed by atoms with Crippen molar-refractivity contribution in [2.75, 3.05) is 13.2 Å². The Hall–Kier alpha value is -2.82. The number of imidazole rings is 1. The minimum absolute atomic E-state index is 0.155. The number of unbranched alkanes of at least 4 members (excludes halogenated alkanes) is 3. The van der Waals surface area contributed by atoms with E-state index in [2.05, 4.69) is 67.1 Å². The third kappa shape index (κ3) is 7.61. The molecule has 0 unspecified atom stereocenters. The van der Waals surface area contributed by atoms with Gasteiger partial charge in [-0.05, 0) is 69.7 Å². The molecular formula is C29H41N3O2. The zero-order valence-electron chi connectivity index (χ0n) is 21.2. The van der Waals surface area contributed by atoms with Crippen molar-refractivity contribution >= 4 is 16.9 Å². The maximum Gasteiger partial charge on any atom is 0.223 e. The van der Waals surface area contributed by atoms with Gasteiger partial charge in [-0.15, -0.1) is 0 Å². The summed E-state index contributed by atoms with van der Waals surface area (Å²) in [5.74, 6) is 2.47. The number of benzene rings is 2. The van der Waals surface area contributed by atoms with E-state index in [0.717, 1.165) is 82.3 Å². The van der Waals surface area contributed by atoms with Gasteiger partial charge in [0.25, 0.3) is 0 Å². The maximum absolute atomic E-state index is 12.1. The Kier molecular flexibility index (Phi) is 10.5. The molecule has 0 atom stereocenters. The molecule has 3 rings (SSSR count). The lowest BCUT2D eigenvalue weighted by molar-refractivity contribution is -0.125. The van der Waals surface area contributed by atoms with Crippen LogP contribution < -0.4 is 10.1 Å². The molecule has 1 heterocycles. The van der Waals surface area contributed by atoms with Crippen LogP contribution in [0.3, 0.4) is 0 Å². The van der Waals surface area contributed by atoms with Crippen LogP contribution in [0.1, 0.15) is 70.2 Å². The second kappa shape index (κ2) is 13.8. The Morgan fingerprint density at radius 1 is 0.971 bits per heavy atom. The Morgan fingerprint density at radius 2 is 1.74 bits per heavy atom. The van der Waals surface area contributed by atoms with Crippen LogP contribution in [-0.2, 0) is 17.8 Å². The molecule has 0 aliphatic carbocycles. The molecule has 5 heteroatoms. The summed E-state index contributed by atoms with van der Waals surface area (Å²) in [7, 11) is 0. The lowest BCUT2D eigenvalue weighted by atomic mass is 10.0. The van der Waals surface area contributed by atoms with Crippen LogP contribution in [0, 0.1) is 12.8 Å². The Labute approximate surface area is 204 Å². The van der Waals surface area contributed by atoms with Gasteiger partial charge in [-0.2, -0.15) is 0 Å². The number of aromatic nitrogens is 2. The van der Waals surface area contributed by atoms with Gasteiger partial charge in [0.2, 0.25) is 5.91 Å². The SMILES string of the molecule is CCC(CC)C(=O)NCCCCCc1nc2ccccc2n1CCCCOc1ccc(C)cc1. The van der Waals surface area contributed by atoms with Crippen molar-refractivity contribution in [1.29, 1.82) is 0 Å². The molecule has 0 radical (unpaired) electrons. The molecule has 0 bridgehead atoms. The highest BCUT2D eigenvalue weighted by Gasteiger charge is 2.13. The first-order valence-corrected chi connectivity index (χ1v) is 13.0. The number of nitrogens with one attached hydrogen (secondary N) is 1. The Bertz CT molecular complexity index is 1010.